The second-order valence-corrected chi connectivity index (χ2v) is 6.24. The van der Waals surface area contributed by atoms with Crippen LogP contribution in [0.2, 0.25) is 0 Å². The Bertz CT molecular complexity index is 811. The van der Waals surface area contributed by atoms with Crippen LogP contribution in [0.3, 0.4) is 0 Å². The number of ether oxygens (including phenoxy) is 1. The standard InChI is InChI=1S/C20H21NO3/c1-13-4-7-17-16(10-13)12-19(22)21(20(17)23)9-8-15-6-5-14(2)18(11-15)24-3/h4-7,10-11H,8-9,12H2,1-3H3. The molecule has 0 bridgehead atoms. The quantitative estimate of drug-likeness (QED) is 0.812. The van der Waals surface area contributed by atoms with Crippen molar-refractivity contribution in [3.05, 3.63) is 64.2 Å². The van der Waals surface area contributed by atoms with Crippen LogP contribution in [0.25, 0.3) is 0 Å². The maximum absolute atomic E-state index is 12.6. The maximum Gasteiger partial charge on any atom is 0.260 e. The van der Waals surface area contributed by atoms with Crippen molar-refractivity contribution in [3.63, 3.8) is 0 Å². The first-order chi connectivity index (χ1) is 11.5. The van der Waals surface area contributed by atoms with Crippen LogP contribution in [0.1, 0.15) is 32.6 Å². The van der Waals surface area contributed by atoms with Crippen LogP contribution in [0.15, 0.2) is 36.4 Å². The Morgan fingerprint density at radius 3 is 2.62 bits per heavy atom. The van der Waals surface area contributed by atoms with Gasteiger partial charge in [-0.1, -0.05) is 29.8 Å². The highest BCUT2D eigenvalue weighted by Crippen LogP contribution is 2.23. The van der Waals surface area contributed by atoms with Crippen LogP contribution in [-0.4, -0.2) is 30.4 Å². The first-order valence-corrected chi connectivity index (χ1v) is 8.07. The molecule has 0 saturated heterocycles. The van der Waals surface area contributed by atoms with Crippen LogP contribution in [0, 0.1) is 13.8 Å². The van der Waals surface area contributed by atoms with E-state index in [0.29, 0.717) is 24.9 Å². The van der Waals surface area contributed by atoms with E-state index in [0.717, 1.165) is 28.0 Å². The molecule has 0 aromatic heterocycles. The molecule has 0 radical (unpaired) electrons. The number of aryl methyl sites for hydroxylation is 2. The highest BCUT2D eigenvalue weighted by atomic mass is 16.5. The molecule has 24 heavy (non-hydrogen) atoms. The van der Waals surface area contributed by atoms with Gasteiger partial charge >= 0.3 is 0 Å². The van der Waals surface area contributed by atoms with E-state index in [9.17, 15) is 9.59 Å². The fourth-order valence-corrected chi connectivity index (χ4v) is 3.08. The molecule has 0 saturated carbocycles. The summed E-state index contributed by atoms with van der Waals surface area (Å²) in [5.74, 6) is 0.502. The molecule has 1 aliphatic rings. The van der Waals surface area contributed by atoms with Gasteiger partial charge in [-0.25, -0.2) is 0 Å². The molecule has 2 aromatic carbocycles. The number of carbonyl (C=O) groups is 2. The van der Waals surface area contributed by atoms with Crippen molar-refractivity contribution in [2.45, 2.75) is 26.7 Å². The van der Waals surface area contributed by atoms with Crippen LogP contribution in [0.4, 0.5) is 0 Å². The number of fused-ring (bicyclic) bond motifs is 1. The van der Waals surface area contributed by atoms with Gasteiger partial charge < -0.3 is 4.74 Å². The number of amides is 2. The van der Waals surface area contributed by atoms with Crippen molar-refractivity contribution >= 4 is 11.8 Å². The molecule has 0 aliphatic carbocycles. The smallest absolute Gasteiger partial charge is 0.260 e. The van der Waals surface area contributed by atoms with Crippen molar-refractivity contribution in [2.75, 3.05) is 13.7 Å². The number of rotatable bonds is 4. The third-order valence-corrected chi connectivity index (χ3v) is 4.48. The summed E-state index contributed by atoms with van der Waals surface area (Å²) >= 11 is 0. The monoisotopic (exact) mass is 323 g/mol. The van der Waals surface area contributed by atoms with E-state index in [2.05, 4.69) is 0 Å². The fraction of sp³-hybridized carbons (Fsp3) is 0.300. The summed E-state index contributed by atoms with van der Waals surface area (Å²) in [6.07, 6.45) is 0.912. The molecular weight excluding hydrogens is 302 g/mol. The number of carbonyl (C=O) groups excluding carboxylic acids is 2. The molecule has 2 amide bonds. The average molecular weight is 323 g/mol. The Morgan fingerprint density at radius 2 is 1.88 bits per heavy atom. The first kappa shape index (κ1) is 16.2. The molecule has 4 nitrogen and oxygen atoms in total. The van der Waals surface area contributed by atoms with Crippen molar-refractivity contribution in [1.82, 2.24) is 4.90 Å². The average Bonchev–Trinajstić information content (AvgIpc) is 2.55. The Balaban J connectivity index is 1.77. The number of methoxy groups -OCH3 is 1. The molecule has 0 spiro atoms. The van der Waals surface area contributed by atoms with E-state index in [1.807, 2.05) is 50.2 Å². The van der Waals surface area contributed by atoms with Crippen LogP contribution in [-0.2, 0) is 17.6 Å². The molecule has 1 heterocycles. The number of benzene rings is 2. The molecule has 0 fully saturated rings. The Labute approximate surface area is 142 Å². The van der Waals surface area contributed by atoms with Crippen LogP contribution in [0.5, 0.6) is 5.75 Å². The van der Waals surface area contributed by atoms with E-state index < -0.39 is 0 Å². The highest BCUT2D eigenvalue weighted by molar-refractivity contribution is 6.09. The minimum Gasteiger partial charge on any atom is -0.496 e. The third-order valence-electron chi connectivity index (χ3n) is 4.48. The van der Waals surface area contributed by atoms with E-state index in [1.165, 1.54) is 4.90 Å². The summed E-state index contributed by atoms with van der Waals surface area (Å²) in [4.78, 5) is 26.3. The van der Waals surface area contributed by atoms with E-state index >= 15 is 0 Å². The molecule has 3 rings (SSSR count). The minimum atomic E-state index is -0.194. The van der Waals surface area contributed by atoms with Crippen molar-refractivity contribution in [3.8, 4) is 5.75 Å². The summed E-state index contributed by atoms with van der Waals surface area (Å²) in [5.41, 5.74) is 4.65. The van der Waals surface area contributed by atoms with Gasteiger partial charge in [0.05, 0.1) is 13.5 Å². The van der Waals surface area contributed by atoms with Gasteiger partial charge in [-0.05, 0) is 49.1 Å². The third kappa shape index (κ3) is 3.04. The molecule has 0 atom stereocenters. The van der Waals surface area contributed by atoms with Crippen molar-refractivity contribution in [2.24, 2.45) is 0 Å². The van der Waals surface area contributed by atoms with Gasteiger partial charge in [-0.2, -0.15) is 0 Å². The second-order valence-electron chi connectivity index (χ2n) is 6.24. The number of hydrogen-bond acceptors (Lipinski definition) is 3. The van der Waals surface area contributed by atoms with Gasteiger partial charge in [-0.3, -0.25) is 14.5 Å². The van der Waals surface area contributed by atoms with E-state index in [4.69, 9.17) is 4.74 Å². The minimum absolute atomic E-state index is 0.128. The Kier molecular flexibility index (Phi) is 4.38. The largest absolute Gasteiger partial charge is 0.496 e. The zero-order valence-electron chi connectivity index (χ0n) is 14.3. The summed E-state index contributed by atoms with van der Waals surface area (Å²) in [7, 11) is 1.64. The summed E-state index contributed by atoms with van der Waals surface area (Å²) in [6, 6.07) is 11.6. The van der Waals surface area contributed by atoms with Gasteiger partial charge in [0, 0.05) is 12.1 Å². The summed E-state index contributed by atoms with van der Waals surface area (Å²) in [5, 5.41) is 0. The Morgan fingerprint density at radius 1 is 1.08 bits per heavy atom. The first-order valence-electron chi connectivity index (χ1n) is 8.07. The van der Waals surface area contributed by atoms with E-state index in [1.54, 1.807) is 7.11 Å². The van der Waals surface area contributed by atoms with Crippen LogP contribution < -0.4 is 4.74 Å². The molecule has 1 aliphatic heterocycles. The second kappa shape index (κ2) is 6.48. The molecular formula is C20H21NO3. The molecule has 0 N–H and O–H groups in total. The molecule has 0 unspecified atom stereocenters. The van der Waals surface area contributed by atoms with Gasteiger partial charge in [0.2, 0.25) is 5.91 Å². The lowest BCUT2D eigenvalue weighted by Crippen LogP contribution is -2.43. The van der Waals surface area contributed by atoms with Crippen molar-refractivity contribution < 1.29 is 14.3 Å². The SMILES string of the molecule is COc1cc(CCN2C(=O)Cc3cc(C)ccc3C2=O)ccc1C. The number of hydrogen-bond donors (Lipinski definition) is 0. The normalized spacial score (nSPS) is 13.9. The number of imide groups is 1. The van der Waals surface area contributed by atoms with Crippen molar-refractivity contribution in [1.29, 1.82) is 0 Å². The zero-order chi connectivity index (χ0) is 17.3. The van der Waals surface area contributed by atoms with Gasteiger partial charge in [0.25, 0.3) is 5.91 Å². The van der Waals surface area contributed by atoms with Gasteiger partial charge in [-0.15, -0.1) is 0 Å². The zero-order valence-corrected chi connectivity index (χ0v) is 14.3. The highest BCUT2D eigenvalue weighted by Gasteiger charge is 2.30. The topological polar surface area (TPSA) is 46.6 Å². The lowest BCUT2D eigenvalue weighted by molar-refractivity contribution is -0.128. The molecule has 4 heteroatoms. The number of nitrogens with zero attached hydrogens (tertiary/aromatic N) is 1. The predicted octanol–water partition coefficient (Wildman–Crippen LogP) is 3.08. The predicted molar refractivity (Wildman–Crippen MR) is 92.4 cm³/mol. The fourth-order valence-electron chi connectivity index (χ4n) is 3.08. The molecule has 2 aromatic rings. The summed E-state index contributed by atoms with van der Waals surface area (Å²) < 4.78 is 5.33. The Hall–Kier alpha value is -2.62. The lowest BCUT2D eigenvalue weighted by Gasteiger charge is -2.27. The van der Waals surface area contributed by atoms with Gasteiger partial charge in [0.15, 0.2) is 0 Å². The van der Waals surface area contributed by atoms with Crippen LogP contribution >= 0.6 is 0 Å². The molecule has 124 valence electrons. The van der Waals surface area contributed by atoms with Gasteiger partial charge in [0.1, 0.15) is 5.75 Å². The summed E-state index contributed by atoms with van der Waals surface area (Å²) in [6.45, 7) is 4.34. The van der Waals surface area contributed by atoms with E-state index in [-0.39, 0.29) is 11.8 Å². The lowest BCUT2D eigenvalue weighted by atomic mass is 9.96. The maximum atomic E-state index is 12.6.